The predicted octanol–water partition coefficient (Wildman–Crippen LogP) is 2.97. The number of hydrogen-bond donors (Lipinski definition) is 1. The fourth-order valence-electron chi connectivity index (χ4n) is 3.06. The molecule has 2 aliphatic rings. The Kier molecular flexibility index (Phi) is 3.91. The average Bonchev–Trinajstić information content (AvgIpc) is 2.30. The normalized spacial score (nSPS) is 45.6. The van der Waals surface area contributed by atoms with E-state index in [1.54, 1.807) is 0 Å². The van der Waals surface area contributed by atoms with Crippen LogP contribution in [0.25, 0.3) is 0 Å². The summed E-state index contributed by atoms with van der Waals surface area (Å²) in [5.74, 6) is 1.74. The van der Waals surface area contributed by atoms with Gasteiger partial charge in [0.25, 0.3) is 0 Å². The Balaban J connectivity index is 1.89. The summed E-state index contributed by atoms with van der Waals surface area (Å²) in [4.78, 5) is 0. The van der Waals surface area contributed by atoms with Gasteiger partial charge < -0.3 is 10.1 Å². The molecule has 2 rings (SSSR count). The van der Waals surface area contributed by atoms with Crippen LogP contribution in [-0.4, -0.2) is 24.8 Å². The van der Waals surface area contributed by atoms with E-state index in [1.165, 1.54) is 25.7 Å². The fraction of sp³-hybridized carbons (Fsp3) is 1.00. The zero-order valence-electron chi connectivity index (χ0n) is 11.1. The summed E-state index contributed by atoms with van der Waals surface area (Å²) in [7, 11) is 0. The summed E-state index contributed by atoms with van der Waals surface area (Å²) >= 11 is 0. The standard InChI is InChI=1S/C14H27NO/c1-4-14(3)10-15-9-13(16-14)12-7-5-11(2)6-8-12/h11-13,15H,4-10H2,1-3H3. The van der Waals surface area contributed by atoms with Gasteiger partial charge in [0.15, 0.2) is 0 Å². The summed E-state index contributed by atoms with van der Waals surface area (Å²) in [6, 6.07) is 0. The van der Waals surface area contributed by atoms with Gasteiger partial charge >= 0.3 is 0 Å². The molecule has 0 spiro atoms. The second kappa shape index (κ2) is 5.05. The van der Waals surface area contributed by atoms with E-state index in [9.17, 15) is 0 Å². The lowest BCUT2D eigenvalue weighted by molar-refractivity contribution is -0.133. The van der Waals surface area contributed by atoms with Crippen LogP contribution in [0.2, 0.25) is 0 Å². The summed E-state index contributed by atoms with van der Waals surface area (Å²) in [6.45, 7) is 8.94. The molecule has 94 valence electrons. The number of rotatable bonds is 2. The number of hydrogen-bond acceptors (Lipinski definition) is 2. The van der Waals surface area contributed by atoms with E-state index in [0.717, 1.165) is 31.3 Å². The Morgan fingerprint density at radius 3 is 2.56 bits per heavy atom. The maximum Gasteiger partial charge on any atom is 0.0780 e. The maximum absolute atomic E-state index is 6.34. The van der Waals surface area contributed by atoms with E-state index < -0.39 is 0 Å². The highest BCUT2D eigenvalue weighted by Gasteiger charge is 2.36. The molecule has 0 aromatic carbocycles. The molecule has 0 bridgehead atoms. The third-order valence-corrected chi connectivity index (χ3v) is 4.61. The highest BCUT2D eigenvalue weighted by Crippen LogP contribution is 2.34. The molecule has 1 heterocycles. The molecule has 2 unspecified atom stereocenters. The van der Waals surface area contributed by atoms with Crippen molar-refractivity contribution in [3.05, 3.63) is 0 Å². The monoisotopic (exact) mass is 225 g/mol. The van der Waals surface area contributed by atoms with E-state index in [2.05, 4.69) is 26.1 Å². The first-order chi connectivity index (χ1) is 7.63. The molecule has 1 aliphatic heterocycles. The Hall–Kier alpha value is -0.0800. The minimum Gasteiger partial charge on any atom is -0.369 e. The third kappa shape index (κ3) is 2.78. The molecule has 2 atom stereocenters. The summed E-state index contributed by atoms with van der Waals surface area (Å²) in [6.07, 6.45) is 7.10. The van der Waals surface area contributed by atoms with Gasteiger partial charge in [0.1, 0.15) is 0 Å². The lowest BCUT2D eigenvalue weighted by atomic mass is 9.79. The zero-order valence-corrected chi connectivity index (χ0v) is 11.1. The van der Waals surface area contributed by atoms with Crippen molar-refractivity contribution in [2.45, 2.75) is 64.6 Å². The smallest absolute Gasteiger partial charge is 0.0780 e. The van der Waals surface area contributed by atoms with Crippen molar-refractivity contribution in [1.29, 1.82) is 0 Å². The SMILES string of the molecule is CCC1(C)CNCC(C2CCC(C)CC2)O1. The van der Waals surface area contributed by atoms with Gasteiger partial charge in [-0.15, -0.1) is 0 Å². The van der Waals surface area contributed by atoms with E-state index >= 15 is 0 Å². The molecule has 1 saturated carbocycles. The van der Waals surface area contributed by atoms with Crippen LogP contribution in [0, 0.1) is 11.8 Å². The maximum atomic E-state index is 6.34. The molecule has 1 saturated heterocycles. The minimum absolute atomic E-state index is 0.0754. The summed E-state index contributed by atoms with van der Waals surface area (Å²) < 4.78 is 6.34. The number of nitrogens with one attached hydrogen (secondary N) is 1. The Labute approximate surface area is 100 Å². The van der Waals surface area contributed by atoms with E-state index in [1.807, 2.05) is 0 Å². The number of morpholine rings is 1. The van der Waals surface area contributed by atoms with Crippen LogP contribution in [0.15, 0.2) is 0 Å². The van der Waals surface area contributed by atoms with Crippen molar-refractivity contribution in [3.8, 4) is 0 Å². The van der Waals surface area contributed by atoms with Crippen molar-refractivity contribution in [1.82, 2.24) is 5.32 Å². The number of ether oxygens (including phenoxy) is 1. The van der Waals surface area contributed by atoms with Crippen molar-refractivity contribution in [3.63, 3.8) is 0 Å². The van der Waals surface area contributed by atoms with Crippen LogP contribution in [0.3, 0.4) is 0 Å². The molecule has 0 radical (unpaired) electrons. The Bertz CT molecular complexity index is 223. The largest absolute Gasteiger partial charge is 0.369 e. The van der Waals surface area contributed by atoms with Gasteiger partial charge in [0, 0.05) is 13.1 Å². The van der Waals surface area contributed by atoms with Gasteiger partial charge in [-0.05, 0) is 38.0 Å². The van der Waals surface area contributed by atoms with Crippen molar-refractivity contribution < 1.29 is 4.74 Å². The van der Waals surface area contributed by atoms with Gasteiger partial charge in [-0.3, -0.25) is 0 Å². The molecule has 16 heavy (non-hydrogen) atoms. The van der Waals surface area contributed by atoms with Gasteiger partial charge in [-0.2, -0.15) is 0 Å². The van der Waals surface area contributed by atoms with Gasteiger partial charge in [0.05, 0.1) is 11.7 Å². The lowest BCUT2D eigenvalue weighted by Crippen LogP contribution is -2.54. The van der Waals surface area contributed by atoms with E-state index in [-0.39, 0.29) is 5.60 Å². The van der Waals surface area contributed by atoms with Gasteiger partial charge in [-0.1, -0.05) is 26.7 Å². The lowest BCUT2D eigenvalue weighted by Gasteiger charge is -2.43. The molecular weight excluding hydrogens is 198 g/mol. The second-order valence-corrected chi connectivity index (χ2v) is 6.11. The molecule has 2 nitrogen and oxygen atoms in total. The molecule has 0 aromatic heterocycles. The van der Waals surface area contributed by atoms with Crippen LogP contribution < -0.4 is 5.32 Å². The second-order valence-electron chi connectivity index (χ2n) is 6.11. The Morgan fingerprint density at radius 2 is 1.94 bits per heavy atom. The molecule has 0 aromatic rings. The van der Waals surface area contributed by atoms with E-state index in [4.69, 9.17) is 4.74 Å². The van der Waals surface area contributed by atoms with Crippen LogP contribution >= 0.6 is 0 Å². The fourth-order valence-corrected chi connectivity index (χ4v) is 3.06. The molecule has 0 amide bonds. The molecular formula is C14H27NO. The van der Waals surface area contributed by atoms with Gasteiger partial charge in [-0.25, -0.2) is 0 Å². The van der Waals surface area contributed by atoms with Crippen LogP contribution in [-0.2, 0) is 4.74 Å². The summed E-state index contributed by atoms with van der Waals surface area (Å²) in [5, 5.41) is 3.56. The minimum atomic E-state index is 0.0754. The van der Waals surface area contributed by atoms with E-state index in [0.29, 0.717) is 6.10 Å². The van der Waals surface area contributed by atoms with Crippen molar-refractivity contribution >= 4 is 0 Å². The van der Waals surface area contributed by atoms with Crippen LogP contribution in [0.1, 0.15) is 52.9 Å². The molecule has 1 N–H and O–H groups in total. The topological polar surface area (TPSA) is 21.3 Å². The van der Waals surface area contributed by atoms with Crippen LogP contribution in [0.4, 0.5) is 0 Å². The first-order valence-electron chi connectivity index (χ1n) is 7.01. The first-order valence-corrected chi connectivity index (χ1v) is 7.01. The first kappa shape index (κ1) is 12.4. The molecule has 1 aliphatic carbocycles. The molecule has 2 fully saturated rings. The average molecular weight is 225 g/mol. The highest BCUT2D eigenvalue weighted by atomic mass is 16.5. The van der Waals surface area contributed by atoms with Crippen molar-refractivity contribution in [2.75, 3.05) is 13.1 Å². The third-order valence-electron chi connectivity index (χ3n) is 4.61. The van der Waals surface area contributed by atoms with Crippen LogP contribution in [0.5, 0.6) is 0 Å². The quantitative estimate of drug-likeness (QED) is 0.780. The summed E-state index contributed by atoms with van der Waals surface area (Å²) in [5.41, 5.74) is 0.0754. The van der Waals surface area contributed by atoms with Gasteiger partial charge in [0.2, 0.25) is 0 Å². The predicted molar refractivity (Wildman–Crippen MR) is 67.6 cm³/mol. The zero-order chi connectivity index (χ0) is 11.6. The molecule has 2 heteroatoms. The highest BCUT2D eigenvalue weighted by molar-refractivity contribution is 4.88. The van der Waals surface area contributed by atoms with Crippen molar-refractivity contribution in [2.24, 2.45) is 11.8 Å². The Morgan fingerprint density at radius 1 is 1.25 bits per heavy atom.